The van der Waals surface area contributed by atoms with E-state index in [1.165, 1.54) is 9.75 Å². The van der Waals surface area contributed by atoms with Crippen LogP contribution < -0.4 is 11.1 Å². The summed E-state index contributed by atoms with van der Waals surface area (Å²) in [5.41, 5.74) is 8.45. The Hall–Kier alpha value is -0.920. The number of nitrogens with two attached hydrogens (primary N) is 1. The number of fused-ring (bicyclic) bond motifs is 1. The molecule has 0 bridgehead atoms. The molecule has 136 valence electrons. The molecule has 0 spiro atoms. The number of halogens is 2. The van der Waals surface area contributed by atoms with E-state index >= 15 is 0 Å². The van der Waals surface area contributed by atoms with Crippen LogP contribution in [0.1, 0.15) is 29.0 Å². The Morgan fingerprint density at radius 1 is 1.46 bits per heavy atom. The van der Waals surface area contributed by atoms with Crippen LogP contribution in [0.15, 0.2) is 40.2 Å². The maximum absolute atomic E-state index is 6.51. The molecule has 26 heavy (non-hydrogen) atoms. The Balaban J connectivity index is 1.73. The molecular weight excluding hydrogens is 450 g/mol. The number of nitrogens with one attached hydrogen (secondary N) is 1. The van der Waals surface area contributed by atoms with Gasteiger partial charge in [0.05, 0.1) is 20.4 Å². The highest BCUT2D eigenvalue weighted by molar-refractivity contribution is 9.10. The molecule has 0 saturated carbocycles. The number of allylic oxidation sites excluding steroid dienone is 1. The Bertz CT molecular complexity index is 952. The van der Waals surface area contributed by atoms with Crippen LogP contribution in [0, 0.1) is 5.92 Å². The number of rotatable bonds is 4. The second-order valence-corrected chi connectivity index (χ2v) is 9.85. The molecule has 0 unspecified atom stereocenters. The summed E-state index contributed by atoms with van der Waals surface area (Å²) in [4.78, 5) is 7.12. The predicted octanol–water partition coefficient (Wildman–Crippen LogP) is 6.39. The normalized spacial score (nSPS) is 22.8. The summed E-state index contributed by atoms with van der Waals surface area (Å²) >= 11 is 13.6. The van der Waals surface area contributed by atoms with Crippen molar-refractivity contribution in [1.29, 1.82) is 0 Å². The summed E-state index contributed by atoms with van der Waals surface area (Å²) in [5, 5.41) is 6.11. The second-order valence-electron chi connectivity index (χ2n) is 6.59. The molecule has 7 heteroatoms. The summed E-state index contributed by atoms with van der Waals surface area (Å²) in [5.74, 6) is 0.673. The van der Waals surface area contributed by atoms with E-state index in [4.69, 9.17) is 17.3 Å². The van der Waals surface area contributed by atoms with E-state index in [0.717, 1.165) is 33.3 Å². The molecule has 1 aliphatic carbocycles. The third-order valence-corrected chi connectivity index (χ3v) is 8.33. The van der Waals surface area contributed by atoms with Crippen LogP contribution in [-0.2, 0) is 6.54 Å². The minimum atomic E-state index is 0.113. The number of hydrogen-bond donors (Lipinski definition) is 2. The summed E-state index contributed by atoms with van der Waals surface area (Å²) in [7, 11) is 0. The molecule has 0 radical (unpaired) electrons. The van der Waals surface area contributed by atoms with Crippen LogP contribution >= 0.6 is 50.2 Å². The van der Waals surface area contributed by atoms with Gasteiger partial charge in [-0.2, -0.15) is 0 Å². The molecule has 0 saturated heterocycles. The first-order valence-electron chi connectivity index (χ1n) is 8.51. The molecule has 0 aliphatic heterocycles. The van der Waals surface area contributed by atoms with E-state index in [9.17, 15) is 0 Å². The standard InChI is InChI=1S/C19H19BrClN3S2/c1-10-4-2-6-12(16(10)22)18-15(20)17-19(26-18)13(8-14(21)24-17)23-9-11-5-3-7-25-11/h2-5,7-8,10,12,16H,6,9,22H2,1H3,(H,23,24)/t10-,12+,16+/m0/s1. The summed E-state index contributed by atoms with van der Waals surface area (Å²) < 4.78 is 2.16. The molecule has 3 nitrogen and oxygen atoms in total. The summed E-state index contributed by atoms with van der Waals surface area (Å²) in [6.45, 7) is 2.96. The van der Waals surface area contributed by atoms with Gasteiger partial charge in [-0.15, -0.1) is 22.7 Å². The van der Waals surface area contributed by atoms with E-state index < -0.39 is 0 Å². The van der Waals surface area contributed by atoms with E-state index in [2.05, 4.69) is 62.8 Å². The molecule has 0 amide bonds. The minimum Gasteiger partial charge on any atom is -0.379 e. The maximum Gasteiger partial charge on any atom is 0.131 e. The maximum atomic E-state index is 6.51. The fourth-order valence-electron chi connectivity index (χ4n) is 3.36. The van der Waals surface area contributed by atoms with Crippen LogP contribution in [-0.4, -0.2) is 11.0 Å². The molecule has 1 aliphatic rings. The first-order chi connectivity index (χ1) is 12.5. The van der Waals surface area contributed by atoms with Crippen molar-refractivity contribution in [3.8, 4) is 0 Å². The smallest absolute Gasteiger partial charge is 0.131 e. The van der Waals surface area contributed by atoms with Crippen LogP contribution in [0.4, 0.5) is 5.69 Å². The minimum absolute atomic E-state index is 0.113. The van der Waals surface area contributed by atoms with Crippen molar-refractivity contribution in [2.45, 2.75) is 31.8 Å². The van der Waals surface area contributed by atoms with Gasteiger partial charge in [-0.05, 0) is 39.7 Å². The van der Waals surface area contributed by atoms with Crippen molar-refractivity contribution in [1.82, 2.24) is 4.98 Å². The van der Waals surface area contributed by atoms with Gasteiger partial charge in [0.2, 0.25) is 0 Å². The molecular formula is C19H19BrClN3S2. The predicted molar refractivity (Wildman–Crippen MR) is 118 cm³/mol. The zero-order valence-electron chi connectivity index (χ0n) is 14.2. The van der Waals surface area contributed by atoms with Gasteiger partial charge in [-0.3, -0.25) is 0 Å². The molecule has 3 N–H and O–H groups in total. The van der Waals surface area contributed by atoms with Gasteiger partial charge in [0.1, 0.15) is 5.15 Å². The Kier molecular flexibility index (Phi) is 5.39. The lowest BCUT2D eigenvalue weighted by atomic mass is 9.82. The van der Waals surface area contributed by atoms with Crippen molar-refractivity contribution >= 4 is 66.1 Å². The molecule has 3 aromatic rings. The van der Waals surface area contributed by atoms with Crippen molar-refractivity contribution < 1.29 is 0 Å². The third-order valence-electron chi connectivity index (χ3n) is 4.85. The Morgan fingerprint density at radius 2 is 2.31 bits per heavy atom. The number of pyridine rings is 1. The highest BCUT2D eigenvalue weighted by Crippen LogP contribution is 2.46. The highest BCUT2D eigenvalue weighted by atomic mass is 79.9. The number of nitrogens with zero attached hydrogens (tertiary/aromatic N) is 1. The summed E-state index contributed by atoms with van der Waals surface area (Å²) in [6.07, 6.45) is 5.42. The molecule has 0 aromatic carbocycles. The average Bonchev–Trinajstić information content (AvgIpc) is 3.24. The van der Waals surface area contributed by atoms with Gasteiger partial charge < -0.3 is 11.1 Å². The topological polar surface area (TPSA) is 50.9 Å². The van der Waals surface area contributed by atoms with Crippen molar-refractivity contribution in [3.63, 3.8) is 0 Å². The summed E-state index contributed by atoms with van der Waals surface area (Å²) in [6, 6.07) is 6.22. The zero-order chi connectivity index (χ0) is 18.3. The molecule has 3 atom stereocenters. The lowest BCUT2D eigenvalue weighted by Crippen LogP contribution is -2.35. The first kappa shape index (κ1) is 18.4. The third kappa shape index (κ3) is 3.45. The van der Waals surface area contributed by atoms with E-state index in [0.29, 0.717) is 17.0 Å². The first-order valence-corrected chi connectivity index (χ1v) is 11.4. The zero-order valence-corrected chi connectivity index (χ0v) is 18.2. The van der Waals surface area contributed by atoms with Crippen molar-refractivity contribution in [2.24, 2.45) is 11.7 Å². The van der Waals surface area contributed by atoms with Gasteiger partial charge in [0.25, 0.3) is 0 Å². The molecule has 3 heterocycles. The molecule has 4 rings (SSSR count). The average molecular weight is 469 g/mol. The molecule has 3 aromatic heterocycles. The fourth-order valence-corrected chi connectivity index (χ4v) is 6.45. The van der Waals surface area contributed by atoms with Crippen LogP contribution in [0.5, 0.6) is 0 Å². The van der Waals surface area contributed by atoms with Crippen LogP contribution in [0.2, 0.25) is 5.15 Å². The highest BCUT2D eigenvalue weighted by Gasteiger charge is 2.30. The van der Waals surface area contributed by atoms with E-state index in [1.807, 2.05) is 6.07 Å². The Morgan fingerprint density at radius 3 is 3.08 bits per heavy atom. The fraction of sp³-hybridized carbons (Fsp3) is 0.316. The number of aromatic nitrogens is 1. The lowest BCUT2D eigenvalue weighted by Gasteiger charge is -2.29. The van der Waals surface area contributed by atoms with Crippen LogP contribution in [0.25, 0.3) is 10.2 Å². The second kappa shape index (κ2) is 7.60. The van der Waals surface area contributed by atoms with Crippen LogP contribution in [0.3, 0.4) is 0 Å². The SMILES string of the molecule is C[C@H]1C=CC[C@@H](c2sc3c(NCc4cccs4)cc(Cl)nc3c2Br)[C@@H]1N. The quantitative estimate of drug-likeness (QED) is 0.344. The number of hydrogen-bond acceptors (Lipinski definition) is 5. The Labute approximate surface area is 174 Å². The molecule has 0 fully saturated rings. The van der Waals surface area contributed by atoms with Gasteiger partial charge >= 0.3 is 0 Å². The van der Waals surface area contributed by atoms with E-state index in [1.54, 1.807) is 22.7 Å². The van der Waals surface area contributed by atoms with Crippen molar-refractivity contribution in [3.05, 3.63) is 55.1 Å². The van der Waals surface area contributed by atoms with Crippen molar-refractivity contribution in [2.75, 3.05) is 5.32 Å². The van der Waals surface area contributed by atoms with E-state index in [-0.39, 0.29) is 6.04 Å². The number of thiophene rings is 2. The van der Waals surface area contributed by atoms with Gasteiger partial charge in [-0.25, -0.2) is 4.98 Å². The largest absolute Gasteiger partial charge is 0.379 e. The van der Waals surface area contributed by atoms with Gasteiger partial charge in [0, 0.05) is 34.3 Å². The van der Waals surface area contributed by atoms with Gasteiger partial charge in [0.15, 0.2) is 0 Å². The monoisotopic (exact) mass is 467 g/mol. The number of anilines is 1. The lowest BCUT2D eigenvalue weighted by molar-refractivity contribution is 0.433. The van der Waals surface area contributed by atoms with Gasteiger partial charge in [-0.1, -0.05) is 36.7 Å².